The van der Waals surface area contributed by atoms with E-state index in [1.807, 2.05) is 5.01 Å². The van der Waals surface area contributed by atoms with E-state index in [1.165, 1.54) is 6.20 Å². The lowest BCUT2D eigenvalue weighted by Crippen LogP contribution is -2.64. The second-order valence-electron chi connectivity index (χ2n) is 5.43. The van der Waals surface area contributed by atoms with Crippen molar-refractivity contribution in [2.45, 2.75) is 4.90 Å². The van der Waals surface area contributed by atoms with Gasteiger partial charge in [-0.2, -0.15) is 0 Å². The number of aliphatic hydroxyl groups is 1. The number of carbonyl (C=O) groups excluding carboxylic acids is 2. The molecule has 0 aromatic heterocycles. The van der Waals surface area contributed by atoms with Crippen molar-refractivity contribution < 1.29 is 14.7 Å². The van der Waals surface area contributed by atoms with Gasteiger partial charge in [0.05, 0.1) is 24.6 Å². The van der Waals surface area contributed by atoms with Gasteiger partial charge in [0.25, 0.3) is 0 Å². The lowest BCUT2D eigenvalue weighted by molar-refractivity contribution is 0.0162. The van der Waals surface area contributed by atoms with E-state index in [1.54, 1.807) is 24.1 Å². The van der Waals surface area contributed by atoms with Gasteiger partial charge < -0.3 is 5.11 Å². The summed E-state index contributed by atoms with van der Waals surface area (Å²) in [4.78, 5) is 26.8. The zero-order valence-electron chi connectivity index (χ0n) is 12.4. The van der Waals surface area contributed by atoms with Gasteiger partial charge in [0.2, 0.25) is 6.20 Å². The van der Waals surface area contributed by atoms with E-state index in [4.69, 9.17) is 16.7 Å². The maximum absolute atomic E-state index is 12.7. The Kier molecular flexibility index (Phi) is 4.89. The van der Waals surface area contributed by atoms with Gasteiger partial charge in [-0.1, -0.05) is 11.6 Å². The number of carbonyl (C=O) groups is 1. The topological polar surface area (TPSA) is 60.9 Å². The monoisotopic (exact) mass is 354 g/mol. The fourth-order valence-electron chi connectivity index (χ4n) is 3.07. The summed E-state index contributed by atoms with van der Waals surface area (Å²) in [5, 5.41) is 11.4. The Bertz CT molecular complexity index is 672. The zero-order valence-corrected chi connectivity index (χ0v) is 14.0. The first-order valence-corrected chi connectivity index (χ1v) is 8.53. The van der Waals surface area contributed by atoms with Crippen LogP contribution in [0.2, 0.25) is 5.02 Å². The van der Waals surface area contributed by atoms with Crippen LogP contribution in [-0.4, -0.2) is 65.5 Å². The molecule has 6 nitrogen and oxygen atoms in total. The minimum Gasteiger partial charge on any atom is -0.395 e. The van der Waals surface area contributed by atoms with Crippen molar-refractivity contribution in [3.05, 3.63) is 29.4 Å². The smallest absolute Gasteiger partial charge is 0.395 e. The molecule has 122 valence electrons. The van der Waals surface area contributed by atoms with E-state index in [2.05, 4.69) is 4.90 Å². The van der Waals surface area contributed by atoms with E-state index in [0.29, 0.717) is 30.3 Å². The van der Waals surface area contributed by atoms with E-state index < -0.39 is 0 Å². The fourth-order valence-corrected chi connectivity index (χ4v) is 4.27. The molecule has 2 aliphatic heterocycles. The number of piperazine rings is 1. The van der Waals surface area contributed by atoms with Gasteiger partial charge in [-0.05, 0) is 12.1 Å². The Balaban J connectivity index is 1.97. The molecular weight excluding hydrogens is 338 g/mol. The molecule has 1 aromatic carbocycles. The third-order valence-electron chi connectivity index (χ3n) is 4.21. The average molecular weight is 355 g/mol. The van der Waals surface area contributed by atoms with Crippen LogP contribution in [0.5, 0.6) is 0 Å². The second-order valence-corrected chi connectivity index (χ2v) is 6.86. The Morgan fingerprint density at radius 1 is 1.35 bits per heavy atom. The summed E-state index contributed by atoms with van der Waals surface area (Å²) in [7, 11) is 0. The number of thioether (sulfide) groups is 1. The highest BCUT2D eigenvalue weighted by atomic mass is 35.5. The van der Waals surface area contributed by atoms with Crippen molar-refractivity contribution in [1.82, 2.24) is 14.5 Å². The predicted molar refractivity (Wildman–Crippen MR) is 89.9 cm³/mol. The number of hydrogen-bond donors (Lipinski definition) is 1. The lowest BCUT2D eigenvalue weighted by Gasteiger charge is -2.41. The molecule has 1 atom stereocenters. The molecule has 1 aromatic rings. The molecule has 1 unspecified atom stereocenters. The number of quaternary nitrogens is 1. The lowest BCUT2D eigenvalue weighted by atomic mass is 10.2. The second kappa shape index (κ2) is 6.75. The van der Waals surface area contributed by atoms with Crippen molar-refractivity contribution in [3.8, 4) is 0 Å². The fraction of sp³-hybridized carbons (Fsp3) is 0.400. The summed E-state index contributed by atoms with van der Waals surface area (Å²) in [6, 6.07) is 5.29. The van der Waals surface area contributed by atoms with Gasteiger partial charge in [-0.3, -0.25) is 4.90 Å². The molecule has 1 N–H and O–H groups in total. The molecule has 2 aliphatic rings. The summed E-state index contributed by atoms with van der Waals surface area (Å²) >= 11 is 7.22. The summed E-state index contributed by atoms with van der Waals surface area (Å²) < 4.78 is -0.267. The largest absolute Gasteiger partial charge is 0.409 e. The van der Waals surface area contributed by atoms with Crippen molar-refractivity contribution in [3.63, 3.8) is 0 Å². The summed E-state index contributed by atoms with van der Waals surface area (Å²) in [6.07, 6.45) is 1.26. The third-order valence-corrected chi connectivity index (χ3v) is 5.47. The molecule has 8 heteroatoms. The number of β-amino-alcohol motifs (C(OH)–C–C–N with tert-alkyl or cyclic N) is 1. The molecule has 1 saturated heterocycles. The molecule has 1 amide bonds. The maximum Gasteiger partial charge on any atom is 0.409 e. The zero-order chi connectivity index (χ0) is 16.4. The van der Waals surface area contributed by atoms with Crippen LogP contribution in [0.1, 0.15) is 0 Å². The maximum atomic E-state index is 12.7. The first kappa shape index (κ1) is 16.7. The molecule has 0 bridgehead atoms. The van der Waals surface area contributed by atoms with E-state index in [0.717, 1.165) is 29.7 Å². The SMILES string of the molecule is O=C=C[N+]1(N2CCN(CCO)CC2)C(=O)Sc2ccc(Cl)cc21. The number of rotatable bonds is 4. The van der Waals surface area contributed by atoms with Gasteiger partial charge in [0.15, 0.2) is 11.6 Å². The number of benzene rings is 1. The van der Waals surface area contributed by atoms with Crippen LogP contribution in [-0.2, 0) is 4.79 Å². The van der Waals surface area contributed by atoms with Gasteiger partial charge in [-0.15, -0.1) is 9.60 Å². The van der Waals surface area contributed by atoms with Crippen LogP contribution in [0.25, 0.3) is 0 Å². The van der Waals surface area contributed by atoms with Crippen molar-refractivity contribution >= 4 is 40.2 Å². The number of hydrogen-bond acceptors (Lipinski definition) is 6. The standard InChI is InChI=1S/C15H17ClN3O3S/c16-12-1-2-14-13(11-12)19(8-10-21,15(22)23-14)18-5-3-17(4-6-18)7-9-20/h1-2,8,11,20H,3-7,9H2/q+1. The highest BCUT2D eigenvalue weighted by molar-refractivity contribution is 8.14. The van der Waals surface area contributed by atoms with Crippen molar-refractivity contribution in [2.24, 2.45) is 0 Å². The molecule has 0 spiro atoms. The number of aliphatic hydroxyl groups excluding tert-OH is 1. The van der Waals surface area contributed by atoms with Gasteiger partial charge >= 0.3 is 5.24 Å². The number of nitrogens with zero attached hydrogens (tertiary/aromatic N) is 3. The summed E-state index contributed by atoms with van der Waals surface area (Å²) in [5.74, 6) is 1.80. The minimum absolute atomic E-state index is 0.113. The van der Waals surface area contributed by atoms with Gasteiger partial charge in [0.1, 0.15) is 0 Å². The molecule has 0 saturated carbocycles. The molecule has 3 rings (SSSR count). The molecule has 1 fully saturated rings. The van der Waals surface area contributed by atoms with Crippen LogP contribution in [0.15, 0.2) is 29.3 Å². The summed E-state index contributed by atoms with van der Waals surface area (Å²) in [5.41, 5.74) is 0.700. The molecular formula is C15H17ClN3O3S+. The molecule has 0 aliphatic carbocycles. The first-order valence-electron chi connectivity index (χ1n) is 7.33. The van der Waals surface area contributed by atoms with Crippen LogP contribution >= 0.6 is 23.4 Å². The van der Waals surface area contributed by atoms with Crippen LogP contribution in [0.4, 0.5) is 10.5 Å². The predicted octanol–water partition coefficient (Wildman–Crippen LogP) is 1.74. The Labute approximate surface area is 143 Å². The first-order chi connectivity index (χ1) is 11.1. The minimum atomic E-state index is -0.267. The van der Waals surface area contributed by atoms with Crippen LogP contribution in [0, 0.1) is 0 Å². The highest BCUT2D eigenvalue weighted by Gasteiger charge is 2.53. The number of amides is 1. The van der Waals surface area contributed by atoms with Gasteiger partial charge in [0, 0.05) is 42.5 Å². The van der Waals surface area contributed by atoms with E-state index >= 15 is 0 Å². The molecule has 0 radical (unpaired) electrons. The summed E-state index contributed by atoms with van der Waals surface area (Å²) in [6.45, 7) is 3.39. The van der Waals surface area contributed by atoms with Crippen molar-refractivity contribution in [2.75, 3.05) is 39.3 Å². The van der Waals surface area contributed by atoms with E-state index in [-0.39, 0.29) is 16.4 Å². The normalized spacial score (nSPS) is 25.2. The van der Waals surface area contributed by atoms with E-state index in [9.17, 15) is 9.59 Å². The molecule has 2 heterocycles. The quantitative estimate of drug-likeness (QED) is 0.656. The van der Waals surface area contributed by atoms with Crippen LogP contribution in [0.3, 0.4) is 0 Å². The number of halogens is 1. The molecule has 23 heavy (non-hydrogen) atoms. The van der Waals surface area contributed by atoms with Crippen molar-refractivity contribution in [1.29, 1.82) is 0 Å². The van der Waals surface area contributed by atoms with Crippen LogP contribution < -0.4 is 4.59 Å². The van der Waals surface area contributed by atoms with Gasteiger partial charge in [-0.25, -0.2) is 9.59 Å². The Morgan fingerprint density at radius 3 is 2.74 bits per heavy atom. The number of fused-ring (bicyclic) bond motifs is 1. The Morgan fingerprint density at radius 2 is 2.09 bits per heavy atom. The highest BCUT2D eigenvalue weighted by Crippen LogP contribution is 2.48. The average Bonchev–Trinajstić information content (AvgIpc) is 2.82. The Hall–Kier alpha value is -1.18. The third kappa shape index (κ3) is 2.86.